The molecule has 0 aromatic heterocycles. The number of fused-ring (bicyclic) bond motifs is 3. The first kappa shape index (κ1) is 19.4. The van der Waals surface area contributed by atoms with Gasteiger partial charge in [0.1, 0.15) is 5.41 Å². The molecule has 2 aromatic rings. The predicted molar refractivity (Wildman–Crippen MR) is 119 cm³/mol. The summed E-state index contributed by atoms with van der Waals surface area (Å²) in [5.74, 6) is 0.144. The van der Waals surface area contributed by atoms with Crippen molar-refractivity contribution >= 4 is 34.8 Å². The van der Waals surface area contributed by atoms with Crippen LogP contribution < -0.4 is 10.6 Å². The Balaban J connectivity index is 1.78. The molecule has 2 heterocycles. The Morgan fingerprint density at radius 1 is 1.10 bits per heavy atom. The molecule has 2 N–H and O–H groups in total. The van der Waals surface area contributed by atoms with Crippen molar-refractivity contribution in [1.82, 2.24) is 5.32 Å². The van der Waals surface area contributed by atoms with Crippen LogP contribution in [-0.2, 0) is 16.6 Å². The lowest BCUT2D eigenvalue weighted by Crippen LogP contribution is -2.60. The lowest BCUT2D eigenvalue weighted by atomic mass is 9.56. The van der Waals surface area contributed by atoms with Crippen molar-refractivity contribution in [2.24, 2.45) is 0 Å². The van der Waals surface area contributed by atoms with Crippen molar-refractivity contribution in [2.45, 2.75) is 62.3 Å². The monoisotopic (exact) mass is 428 g/mol. The molecule has 2 atom stereocenters. The van der Waals surface area contributed by atoms with Crippen molar-refractivity contribution < 1.29 is 4.79 Å². The Hall–Kier alpha value is -1.55. The van der Waals surface area contributed by atoms with Crippen LogP contribution in [0.1, 0.15) is 61.6 Å². The van der Waals surface area contributed by atoms with Crippen molar-refractivity contribution in [2.75, 3.05) is 11.9 Å². The molecule has 2 fully saturated rings. The molecule has 0 bridgehead atoms. The number of rotatable bonds is 2. The van der Waals surface area contributed by atoms with E-state index >= 15 is 0 Å². The van der Waals surface area contributed by atoms with Gasteiger partial charge in [-0.2, -0.15) is 0 Å². The normalized spacial score (nSPS) is 27.4. The highest BCUT2D eigenvalue weighted by Crippen LogP contribution is 2.61. The number of carbonyl (C=O) groups excluding carboxylic acids is 1. The molecule has 2 spiro atoms. The van der Waals surface area contributed by atoms with Crippen LogP contribution in [0.15, 0.2) is 36.4 Å². The Morgan fingerprint density at radius 2 is 1.90 bits per heavy atom. The Morgan fingerprint density at radius 3 is 2.66 bits per heavy atom. The molecule has 2 aromatic carbocycles. The van der Waals surface area contributed by atoms with Gasteiger partial charge in [0, 0.05) is 33.7 Å². The quantitative estimate of drug-likeness (QED) is 0.630. The highest BCUT2D eigenvalue weighted by molar-refractivity contribution is 6.31. The van der Waals surface area contributed by atoms with Gasteiger partial charge in [0.2, 0.25) is 5.91 Å². The zero-order valence-electron chi connectivity index (χ0n) is 16.7. The molecule has 0 radical (unpaired) electrons. The van der Waals surface area contributed by atoms with Crippen LogP contribution in [0, 0.1) is 0 Å². The fourth-order valence-electron chi connectivity index (χ4n) is 6.40. The van der Waals surface area contributed by atoms with Crippen molar-refractivity contribution in [3.8, 4) is 0 Å². The summed E-state index contributed by atoms with van der Waals surface area (Å²) in [4.78, 5) is 13.9. The first-order valence-corrected chi connectivity index (χ1v) is 11.4. The summed E-state index contributed by atoms with van der Waals surface area (Å²) < 4.78 is 0. The summed E-state index contributed by atoms with van der Waals surface area (Å²) >= 11 is 12.9. The summed E-state index contributed by atoms with van der Waals surface area (Å²) in [6, 6.07) is 12.0. The van der Waals surface area contributed by atoms with Gasteiger partial charge in [0.15, 0.2) is 0 Å². The van der Waals surface area contributed by atoms with Crippen molar-refractivity contribution in [1.29, 1.82) is 0 Å². The van der Waals surface area contributed by atoms with Gasteiger partial charge >= 0.3 is 0 Å². The number of amides is 1. The van der Waals surface area contributed by atoms with Crippen LogP contribution in [0.25, 0.3) is 0 Å². The lowest BCUT2D eigenvalue weighted by molar-refractivity contribution is -0.124. The van der Waals surface area contributed by atoms with E-state index in [0.29, 0.717) is 5.02 Å². The van der Waals surface area contributed by atoms with Gasteiger partial charge in [0.05, 0.1) is 0 Å². The second-order valence-corrected chi connectivity index (χ2v) is 9.53. The Labute approximate surface area is 182 Å². The van der Waals surface area contributed by atoms with E-state index in [0.717, 1.165) is 60.5 Å². The number of carbonyl (C=O) groups is 1. The maximum atomic E-state index is 13.9. The summed E-state index contributed by atoms with van der Waals surface area (Å²) in [7, 11) is 0. The van der Waals surface area contributed by atoms with Gasteiger partial charge in [-0.3, -0.25) is 4.79 Å². The maximum absolute atomic E-state index is 13.9. The highest BCUT2D eigenvalue weighted by Gasteiger charge is 2.68. The Bertz CT molecular complexity index is 983. The zero-order valence-corrected chi connectivity index (χ0v) is 18.2. The molecule has 1 amide bonds. The zero-order chi connectivity index (χ0) is 20.2. The number of nitrogens with one attached hydrogen (secondary N) is 2. The molecule has 3 nitrogen and oxygen atoms in total. The minimum absolute atomic E-state index is 0.0386. The van der Waals surface area contributed by atoms with Gasteiger partial charge in [-0.05, 0) is 54.2 Å². The average molecular weight is 429 g/mol. The number of hydrogen-bond acceptors (Lipinski definition) is 2. The van der Waals surface area contributed by atoms with Gasteiger partial charge in [0.25, 0.3) is 0 Å². The second kappa shape index (κ2) is 7.01. The molecule has 1 aliphatic carbocycles. The first-order valence-electron chi connectivity index (χ1n) is 10.7. The lowest BCUT2D eigenvalue weighted by Gasteiger charge is -2.47. The van der Waals surface area contributed by atoms with Gasteiger partial charge in [-0.25, -0.2) is 0 Å². The number of anilines is 1. The topological polar surface area (TPSA) is 41.1 Å². The molecule has 29 heavy (non-hydrogen) atoms. The number of hydrogen-bond donors (Lipinski definition) is 2. The van der Waals surface area contributed by atoms with Gasteiger partial charge in [-0.1, -0.05) is 67.6 Å². The van der Waals surface area contributed by atoms with E-state index in [1.807, 2.05) is 24.3 Å². The average Bonchev–Trinajstić information content (AvgIpc) is 3.18. The van der Waals surface area contributed by atoms with Gasteiger partial charge in [-0.15, -0.1) is 0 Å². The van der Waals surface area contributed by atoms with Crippen molar-refractivity contribution in [3.05, 3.63) is 63.1 Å². The molecule has 0 unspecified atom stereocenters. The predicted octanol–water partition coefficient (Wildman–Crippen LogP) is 5.84. The number of halogens is 2. The fourth-order valence-corrected chi connectivity index (χ4v) is 6.88. The summed E-state index contributed by atoms with van der Waals surface area (Å²) in [5.41, 5.74) is 3.44. The maximum Gasteiger partial charge on any atom is 0.237 e. The highest BCUT2D eigenvalue weighted by atomic mass is 35.5. The third-order valence-electron chi connectivity index (χ3n) is 7.53. The van der Waals surface area contributed by atoms with Crippen LogP contribution in [-0.4, -0.2) is 18.0 Å². The molecular weight excluding hydrogens is 403 g/mol. The standard InChI is InChI=1S/C24H26Cl2N2O/c1-2-16-17(7-6-8-20(16)26)19-14-27-23(11-4-3-5-12-23)24(19)18-10-9-15(25)13-21(18)28-22(24)29/h6-10,13,19,27H,2-5,11-12,14H2,1H3,(H,28,29)/t19-,24-/m1/s1. The minimum atomic E-state index is -0.637. The van der Waals surface area contributed by atoms with Crippen LogP contribution >= 0.6 is 23.2 Å². The van der Waals surface area contributed by atoms with Crippen LogP contribution in [0.5, 0.6) is 0 Å². The molecule has 5 rings (SSSR count). The smallest absolute Gasteiger partial charge is 0.237 e. The third kappa shape index (κ3) is 2.57. The van der Waals surface area contributed by atoms with E-state index < -0.39 is 5.41 Å². The molecule has 2 aliphatic heterocycles. The molecular formula is C24H26Cl2N2O. The van der Waals surface area contributed by atoms with E-state index in [9.17, 15) is 4.79 Å². The van der Waals surface area contributed by atoms with E-state index in [1.165, 1.54) is 12.0 Å². The molecule has 1 saturated carbocycles. The largest absolute Gasteiger partial charge is 0.325 e. The summed E-state index contributed by atoms with van der Waals surface area (Å²) in [6.45, 7) is 2.92. The molecule has 5 heteroatoms. The van der Waals surface area contributed by atoms with E-state index in [2.05, 4.69) is 29.7 Å². The molecule has 152 valence electrons. The van der Waals surface area contributed by atoms with E-state index in [4.69, 9.17) is 23.2 Å². The number of benzene rings is 2. The second-order valence-electron chi connectivity index (χ2n) is 8.69. The summed E-state index contributed by atoms with van der Waals surface area (Å²) in [6.07, 6.45) is 6.41. The van der Waals surface area contributed by atoms with E-state index in [1.54, 1.807) is 0 Å². The molecule has 3 aliphatic rings. The SMILES string of the molecule is CCc1c(Cl)cccc1[C@H]1CNC2(CCCCC2)[C@@]12C(=O)Nc1cc(Cl)ccc12. The van der Waals surface area contributed by atoms with E-state index in [-0.39, 0.29) is 17.4 Å². The van der Waals surface area contributed by atoms with Crippen LogP contribution in [0.4, 0.5) is 5.69 Å². The minimum Gasteiger partial charge on any atom is -0.325 e. The van der Waals surface area contributed by atoms with Crippen molar-refractivity contribution in [3.63, 3.8) is 0 Å². The Kier molecular flexibility index (Phi) is 4.69. The van der Waals surface area contributed by atoms with Gasteiger partial charge < -0.3 is 10.6 Å². The first-order chi connectivity index (χ1) is 14.0. The van der Waals surface area contributed by atoms with Crippen LogP contribution in [0.2, 0.25) is 10.0 Å². The van der Waals surface area contributed by atoms with Crippen LogP contribution in [0.3, 0.4) is 0 Å². The molecule has 1 saturated heterocycles. The fraction of sp³-hybridized carbons (Fsp3) is 0.458. The third-order valence-corrected chi connectivity index (χ3v) is 8.12. The summed E-state index contributed by atoms with van der Waals surface area (Å²) in [5, 5.41) is 8.51.